The Balaban J connectivity index is 1.58. The molecular weight excluding hydrogens is 216 g/mol. The average molecular weight is 238 g/mol. The summed E-state index contributed by atoms with van der Waals surface area (Å²) < 4.78 is 0. The molecule has 0 bridgehead atoms. The molecule has 0 N–H and O–H groups in total. The van der Waals surface area contributed by atoms with Crippen LogP contribution in [-0.2, 0) is 0 Å². The highest BCUT2D eigenvalue weighted by molar-refractivity contribution is 8.16. The quantitative estimate of drug-likeness (QED) is 0.623. The molecule has 2 heterocycles. The molecule has 2 aliphatic heterocycles. The number of nitrogens with zero attached hydrogens (tertiary/aromatic N) is 2. The number of rotatable bonds is 7. The van der Waals surface area contributed by atoms with E-state index in [-0.39, 0.29) is 0 Å². The summed E-state index contributed by atoms with van der Waals surface area (Å²) >= 11 is 1.81. The molecule has 0 aromatic heterocycles. The highest BCUT2D eigenvalue weighted by Gasteiger charge is 2.25. The lowest BCUT2D eigenvalue weighted by Crippen LogP contribution is -2.20. The zero-order valence-corrected chi connectivity index (χ0v) is 11.1. The van der Waals surface area contributed by atoms with Crippen LogP contribution in [0.25, 0.3) is 0 Å². The van der Waals surface area contributed by atoms with Gasteiger partial charge in [0.25, 0.3) is 0 Å². The summed E-state index contributed by atoms with van der Waals surface area (Å²) in [6.45, 7) is 4.38. The highest BCUT2D eigenvalue weighted by Crippen LogP contribution is 2.31. The number of unbranched alkanes of at least 4 members (excludes halogenated alkanes) is 5. The van der Waals surface area contributed by atoms with Crippen LogP contribution < -0.4 is 0 Å². The molecule has 0 aliphatic carbocycles. The largest absolute Gasteiger partial charge is 0.322 e. The smallest absolute Gasteiger partial charge is 0.167 e. The standard InChI is InChI=1S/C13H22N2S/c1-2-3-4-5-6-7-8-12-11-16-13-14-9-10-15(12)13/h11H,2-10H2,1H3. The number of amidine groups is 1. The highest BCUT2D eigenvalue weighted by atomic mass is 32.2. The van der Waals surface area contributed by atoms with Crippen molar-refractivity contribution >= 4 is 16.9 Å². The summed E-state index contributed by atoms with van der Waals surface area (Å²) in [6.07, 6.45) is 9.56. The van der Waals surface area contributed by atoms with Gasteiger partial charge in [0.2, 0.25) is 0 Å². The number of allylic oxidation sites excluding steroid dienone is 1. The summed E-state index contributed by atoms with van der Waals surface area (Å²) in [7, 11) is 0. The zero-order valence-electron chi connectivity index (χ0n) is 10.2. The van der Waals surface area contributed by atoms with Crippen molar-refractivity contribution in [1.82, 2.24) is 4.90 Å². The van der Waals surface area contributed by atoms with Gasteiger partial charge in [0.15, 0.2) is 5.17 Å². The molecule has 0 saturated heterocycles. The number of hydrogen-bond donors (Lipinski definition) is 0. The van der Waals surface area contributed by atoms with Gasteiger partial charge in [-0.1, -0.05) is 50.8 Å². The molecule has 0 fully saturated rings. The molecule has 2 rings (SSSR count). The Bertz CT molecular complexity index is 284. The van der Waals surface area contributed by atoms with Gasteiger partial charge in [-0.25, -0.2) is 0 Å². The van der Waals surface area contributed by atoms with E-state index in [0.717, 1.165) is 13.1 Å². The van der Waals surface area contributed by atoms with E-state index in [1.54, 1.807) is 11.8 Å². The first-order valence-electron chi connectivity index (χ1n) is 6.59. The van der Waals surface area contributed by atoms with Crippen molar-refractivity contribution in [3.8, 4) is 0 Å². The van der Waals surface area contributed by atoms with Gasteiger partial charge in [-0.3, -0.25) is 4.99 Å². The van der Waals surface area contributed by atoms with Gasteiger partial charge in [0.1, 0.15) is 0 Å². The Morgan fingerprint density at radius 2 is 2.06 bits per heavy atom. The minimum Gasteiger partial charge on any atom is -0.322 e. The Morgan fingerprint density at radius 3 is 2.94 bits per heavy atom. The topological polar surface area (TPSA) is 15.6 Å². The molecular formula is C13H22N2S. The SMILES string of the molecule is CCCCCCCCC1=CSC2=NCCN12. The van der Waals surface area contributed by atoms with E-state index >= 15 is 0 Å². The molecule has 0 atom stereocenters. The second kappa shape index (κ2) is 6.33. The zero-order chi connectivity index (χ0) is 11.2. The van der Waals surface area contributed by atoms with Crippen LogP contribution >= 0.6 is 11.8 Å². The predicted molar refractivity (Wildman–Crippen MR) is 72.7 cm³/mol. The number of fused-ring (bicyclic) bond motifs is 1. The van der Waals surface area contributed by atoms with Crippen molar-refractivity contribution < 1.29 is 0 Å². The average Bonchev–Trinajstić information content (AvgIpc) is 2.87. The summed E-state index contributed by atoms with van der Waals surface area (Å²) in [5, 5.41) is 3.53. The van der Waals surface area contributed by atoms with Crippen molar-refractivity contribution in [2.24, 2.45) is 4.99 Å². The maximum Gasteiger partial charge on any atom is 0.167 e. The fourth-order valence-electron chi connectivity index (χ4n) is 2.26. The fourth-order valence-corrected chi connectivity index (χ4v) is 3.25. The second-order valence-corrected chi connectivity index (χ2v) is 5.40. The van der Waals surface area contributed by atoms with Crippen LogP contribution in [0, 0.1) is 0 Å². The third-order valence-corrected chi connectivity index (χ3v) is 4.19. The molecule has 0 amide bonds. The second-order valence-electron chi connectivity index (χ2n) is 4.56. The van der Waals surface area contributed by atoms with Crippen molar-refractivity contribution in [2.75, 3.05) is 13.1 Å². The van der Waals surface area contributed by atoms with Crippen molar-refractivity contribution in [3.05, 3.63) is 11.1 Å². The van der Waals surface area contributed by atoms with Crippen molar-refractivity contribution in [2.45, 2.75) is 51.9 Å². The molecule has 0 spiro atoms. The molecule has 2 nitrogen and oxygen atoms in total. The van der Waals surface area contributed by atoms with Crippen LogP contribution in [0.15, 0.2) is 16.1 Å². The third-order valence-electron chi connectivity index (χ3n) is 3.24. The van der Waals surface area contributed by atoms with E-state index < -0.39 is 0 Å². The lowest BCUT2D eigenvalue weighted by atomic mass is 10.1. The van der Waals surface area contributed by atoms with E-state index in [1.807, 2.05) is 0 Å². The van der Waals surface area contributed by atoms with Crippen molar-refractivity contribution in [3.63, 3.8) is 0 Å². The van der Waals surface area contributed by atoms with E-state index in [1.165, 1.54) is 55.8 Å². The van der Waals surface area contributed by atoms with Crippen LogP contribution in [0.1, 0.15) is 51.9 Å². The van der Waals surface area contributed by atoms with E-state index in [4.69, 9.17) is 0 Å². The molecule has 0 unspecified atom stereocenters. The number of aliphatic imine (C=N–C) groups is 1. The van der Waals surface area contributed by atoms with Gasteiger partial charge in [-0.15, -0.1) is 0 Å². The van der Waals surface area contributed by atoms with Crippen LogP contribution in [0.2, 0.25) is 0 Å². The lowest BCUT2D eigenvalue weighted by molar-refractivity contribution is 0.520. The predicted octanol–water partition coefficient (Wildman–Crippen LogP) is 4.00. The third kappa shape index (κ3) is 3.03. The van der Waals surface area contributed by atoms with Crippen molar-refractivity contribution in [1.29, 1.82) is 0 Å². The lowest BCUT2D eigenvalue weighted by Gasteiger charge is -2.16. The first-order chi connectivity index (χ1) is 7.92. The number of hydrogen-bond acceptors (Lipinski definition) is 3. The fraction of sp³-hybridized carbons (Fsp3) is 0.769. The summed E-state index contributed by atoms with van der Waals surface area (Å²) in [5.41, 5.74) is 1.51. The van der Waals surface area contributed by atoms with Gasteiger partial charge in [0.05, 0.1) is 6.54 Å². The van der Waals surface area contributed by atoms with Gasteiger partial charge in [-0.05, 0) is 18.2 Å². The molecule has 0 aromatic rings. The van der Waals surface area contributed by atoms with Gasteiger partial charge < -0.3 is 4.90 Å². The molecule has 0 saturated carbocycles. The van der Waals surface area contributed by atoms with Crippen LogP contribution in [0.5, 0.6) is 0 Å². The minimum atomic E-state index is 0.996. The van der Waals surface area contributed by atoms with Crippen LogP contribution in [0.3, 0.4) is 0 Å². The summed E-state index contributed by atoms with van der Waals surface area (Å²) in [6, 6.07) is 0. The Hall–Kier alpha value is -0.440. The van der Waals surface area contributed by atoms with Gasteiger partial charge in [-0.2, -0.15) is 0 Å². The Morgan fingerprint density at radius 1 is 1.25 bits per heavy atom. The van der Waals surface area contributed by atoms with Gasteiger partial charge in [0, 0.05) is 12.2 Å². The maximum atomic E-state index is 4.47. The number of thioether (sulfide) groups is 1. The summed E-state index contributed by atoms with van der Waals surface area (Å²) in [5.74, 6) is 0. The molecule has 16 heavy (non-hydrogen) atoms. The van der Waals surface area contributed by atoms with E-state index in [0.29, 0.717) is 0 Å². The molecule has 0 aromatic carbocycles. The summed E-state index contributed by atoms with van der Waals surface area (Å²) in [4.78, 5) is 6.87. The van der Waals surface area contributed by atoms with Crippen LogP contribution in [0.4, 0.5) is 0 Å². The van der Waals surface area contributed by atoms with E-state index in [9.17, 15) is 0 Å². The minimum absolute atomic E-state index is 0.996. The Labute approximate surface area is 103 Å². The molecule has 2 aliphatic rings. The molecule has 3 heteroatoms. The van der Waals surface area contributed by atoms with E-state index in [2.05, 4.69) is 22.2 Å². The monoisotopic (exact) mass is 238 g/mol. The molecule has 0 radical (unpaired) electrons. The normalized spacial score (nSPS) is 18.7. The first-order valence-corrected chi connectivity index (χ1v) is 7.47. The molecule has 90 valence electrons. The first kappa shape index (κ1) is 12.0. The van der Waals surface area contributed by atoms with Crippen LogP contribution in [-0.4, -0.2) is 23.2 Å². The van der Waals surface area contributed by atoms with Gasteiger partial charge >= 0.3 is 0 Å². The Kier molecular flexibility index (Phi) is 4.76. The maximum absolute atomic E-state index is 4.47.